The van der Waals surface area contributed by atoms with Crippen molar-refractivity contribution in [3.63, 3.8) is 0 Å². The molecule has 1 aromatic heterocycles. The van der Waals surface area contributed by atoms with Crippen molar-refractivity contribution in [2.45, 2.75) is 19.3 Å². The second kappa shape index (κ2) is 5.85. The van der Waals surface area contributed by atoms with Crippen LogP contribution in [0.15, 0.2) is 59.1 Å². The van der Waals surface area contributed by atoms with Gasteiger partial charge in [0.2, 0.25) is 5.91 Å². The molecule has 2 aromatic carbocycles. The number of amides is 1. The van der Waals surface area contributed by atoms with E-state index in [2.05, 4.69) is 10.5 Å². The van der Waals surface area contributed by atoms with Crippen LogP contribution in [-0.2, 0) is 4.79 Å². The molecule has 1 N–H and O–H groups in total. The van der Waals surface area contributed by atoms with Crippen LogP contribution in [0.4, 0.5) is 5.69 Å². The number of anilines is 1. The molecular weight excluding hydrogens is 304 g/mol. The zero-order chi connectivity index (χ0) is 16.5. The number of hydrogen-bond donors (Lipinski definition) is 1. The van der Waals surface area contributed by atoms with E-state index in [1.54, 1.807) is 0 Å². The van der Waals surface area contributed by atoms with Gasteiger partial charge in [-0.05, 0) is 30.7 Å². The summed E-state index contributed by atoms with van der Waals surface area (Å²) in [6.07, 6.45) is 0.348. The molecule has 1 amide bonds. The molecule has 3 aromatic rings. The number of aryl methyl sites for hydroxylation is 1. The molecule has 0 bridgehead atoms. The zero-order valence-corrected chi connectivity index (χ0v) is 13.2. The third-order valence-corrected chi connectivity index (χ3v) is 4.03. The first-order chi connectivity index (χ1) is 11.7. The van der Waals surface area contributed by atoms with Crippen molar-refractivity contribution in [3.05, 3.63) is 71.6 Å². The van der Waals surface area contributed by atoms with Gasteiger partial charge in [0, 0.05) is 24.2 Å². The smallest absolute Gasteiger partial charge is 0.225 e. The van der Waals surface area contributed by atoms with Gasteiger partial charge in [0.1, 0.15) is 17.3 Å². The number of ether oxygens (including phenoxy) is 1. The highest BCUT2D eigenvalue weighted by atomic mass is 16.5. The van der Waals surface area contributed by atoms with Crippen molar-refractivity contribution >= 4 is 11.6 Å². The van der Waals surface area contributed by atoms with E-state index in [1.165, 1.54) is 0 Å². The number of carbonyl (C=O) groups is 1. The summed E-state index contributed by atoms with van der Waals surface area (Å²) >= 11 is 0. The van der Waals surface area contributed by atoms with E-state index >= 15 is 0 Å². The number of aromatic nitrogens is 1. The van der Waals surface area contributed by atoms with Crippen LogP contribution in [0.1, 0.15) is 29.4 Å². The number of benzene rings is 2. The molecule has 0 fully saturated rings. The Morgan fingerprint density at radius 1 is 1.12 bits per heavy atom. The van der Waals surface area contributed by atoms with Crippen molar-refractivity contribution in [2.75, 3.05) is 5.32 Å². The highest BCUT2D eigenvalue weighted by molar-refractivity contribution is 5.95. The zero-order valence-electron chi connectivity index (χ0n) is 13.2. The SMILES string of the molecule is Cc1cc(C2CC(=O)Nc3cc(Oc4ccccc4)ccc32)on1. The number of para-hydroxylation sites is 1. The normalized spacial score (nSPS) is 16.4. The number of nitrogens with zero attached hydrogens (tertiary/aromatic N) is 1. The lowest BCUT2D eigenvalue weighted by Gasteiger charge is -2.24. The maximum absolute atomic E-state index is 12.1. The van der Waals surface area contributed by atoms with Gasteiger partial charge < -0.3 is 14.6 Å². The molecule has 24 heavy (non-hydrogen) atoms. The predicted molar refractivity (Wildman–Crippen MR) is 89.3 cm³/mol. The Morgan fingerprint density at radius 2 is 1.96 bits per heavy atom. The Labute approximate surface area is 139 Å². The summed E-state index contributed by atoms with van der Waals surface area (Å²) in [5.74, 6) is 1.97. The van der Waals surface area contributed by atoms with E-state index < -0.39 is 0 Å². The van der Waals surface area contributed by atoms with Gasteiger partial charge in [0.25, 0.3) is 0 Å². The Morgan fingerprint density at radius 3 is 2.71 bits per heavy atom. The van der Waals surface area contributed by atoms with Crippen LogP contribution in [0.2, 0.25) is 0 Å². The van der Waals surface area contributed by atoms with Crippen molar-refractivity contribution in [1.29, 1.82) is 0 Å². The summed E-state index contributed by atoms with van der Waals surface area (Å²) in [6, 6.07) is 17.1. The average molecular weight is 320 g/mol. The van der Waals surface area contributed by atoms with Gasteiger partial charge >= 0.3 is 0 Å². The van der Waals surface area contributed by atoms with E-state index in [0.717, 1.165) is 22.7 Å². The fourth-order valence-electron chi connectivity index (χ4n) is 2.93. The van der Waals surface area contributed by atoms with Gasteiger partial charge in [-0.15, -0.1) is 0 Å². The van der Waals surface area contributed by atoms with Crippen LogP contribution in [0.3, 0.4) is 0 Å². The van der Waals surface area contributed by atoms with Crippen LogP contribution < -0.4 is 10.1 Å². The molecule has 1 unspecified atom stereocenters. The summed E-state index contributed by atoms with van der Waals surface area (Å²) in [5, 5.41) is 6.84. The lowest BCUT2D eigenvalue weighted by Crippen LogP contribution is -2.23. The van der Waals surface area contributed by atoms with Crippen molar-refractivity contribution < 1.29 is 14.1 Å². The molecule has 0 saturated carbocycles. The van der Waals surface area contributed by atoms with Crippen molar-refractivity contribution in [3.8, 4) is 11.5 Å². The van der Waals surface area contributed by atoms with Gasteiger partial charge in [0.05, 0.1) is 11.6 Å². The molecule has 1 aliphatic rings. The molecule has 1 atom stereocenters. The molecule has 5 nitrogen and oxygen atoms in total. The van der Waals surface area contributed by atoms with Crippen molar-refractivity contribution in [1.82, 2.24) is 5.16 Å². The van der Waals surface area contributed by atoms with Crippen LogP contribution in [0.25, 0.3) is 0 Å². The Bertz CT molecular complexity index is 887. The van der Waals surface area contributed by atoms with Gasteiger partial charge in [-0.1, -0.05) is 29.4 Å². The average Bonchev–Trinajstić information content (AvgIpc) is 3.01. The molecule has 0 aliphatic carbocycles. The van der Waals surface area contributed by atoms with Gasteiger partial charge in [-0.25, -0.2) is 0 Å². The molecule has 0 spiro atoms. The standard InChI is InChI=1S/C19H16N2O3/c1-12-9-18(24-21-12)16-11-19(22)20-17-10-14(7-8-15(16)17)23-13-5-3-2-4-6-13/h2-10,16H,11H2,1H3,(H,20,22). The van der Waals surface area contributed by atoms with Crippen molar-refractivity contribution in [2.24, 2.45) is 0 Å². The molecule has 0 saturated heterocycles. The summed E-state index contributed by atoms with van der Waals surface area (Å²) in [5.41, 5.74) is 2.56. The lowest BCUT2D eigenvalue weighted by molar-refractivity contribution is -0.116. The summed E-state index contributed by atoms with van der Waals surface area (Å²) in [7, 11) is 0. The number of hydrogen-bond acceptors (Lipinski definition) is 4. The second-order valence-electron chi connectivity index (χ2n) is 5.84. The van der Waals surface area contributed by atoms with Crippen LogP contribution >= 0.6 is 0 Å². The Hall–Kier alpha value is -3.08. The highest BCUT2D eigenvalue weighted by Crippen LogP contribution is 2.39. The fourth-order valence-corrected chi connectivity index (χ4v) is 2.93. The minimum Gasteiger partial charge on any atom is -0.457 e. The molecule has 1 aliphatic heterocycles. The summed E-state index contributed by atoms with van der Waals surface area (Å²) < 4.78 is 11.2. The largest absolute Gasteiger partial charge is 0.457 e. The second-order valence-corrected chi connectivity index (χ2v) is 5.84. The molecule has 0 radical (unpaired) electrons. The van der Waals surface area contributed by atoms with E-state index in [9.17, 15) is 4.79 Å². The monoisotopic (exact) mass is 320 g/mol. The molecule has 5 heteroatoms. The number of nitrogens with one attached hydrogen (secondary N) is 1. The summed E-state index contributed by atoms with van der Waals surface area (Å²) in [6.45, 7) is 1.87. The fraction of sp³-hybridized carbons (Fsp3) is 0.158. The Kier molecular flexibility index (Phi) is 3.54. The first-order valence-electron chi connectivity index (χ1n) is 7.79. The van der Waals surface area contributed by atoms with E-state index in [1.807, 2.05) is 61.5 Å². The minimum atomic E-state index is -0.124. The minimum absolute atomic E-state index is 0.0431. The van der Waals surface area contributed by atoms with E-state index in [-0.39, 0.29) is 11.8 Å². The Balaban J connectivity index is 1.68. The first-order valence-corrected chi connectivity index (χ1v) is 7.79. The highest BCUT2D eigenvalue weighted by Gasteiger charge is 2.29. The number of rotatable bonds is 3. The quantitative estimate of drug-likeness (QED) is 0.783. The lowest BCUT2D eigenvalue weighted by atomic mass is 9.88. The molecule has 2 heterocycles. The molecule has 4 rings (SSSR count). The summed E-state index contributed by atoms with van der Waals surface area (Å²) in [4.78, 5) is 12.1. The van der Waals surface area contributed by atoms with E-state index in [0.29, 0.717) is 17.9 Å². The third-order valence-electron chi connectivity index (χ3n) is 4.03. The topological polar surface area (TPSA) is 64.4 Å². The van der Waals surface area contributed by atoms with E-state index in [4.69, 9.17) is 9.26 Å². The van der Waals surface area contributed by atoms with Crippen LogP contribution in [0.5, 0.6) is 11.5 Å². The molecular formula is C19H16N2O3. The molecule has 120 valence electrons. The van der Waals surface area contributed by atoms with Crippen LogP contribution in [-0.4, -0.2) is 11.1 Å². The van der Waals surface area contributed by atoms with Crippen LogP contribution in [0, 0.1) is 6.92 Å². The maximum atomic E-state index is 12.1. The van der Waals surface area contributed by atoms with Gasteiger partial charge in [0.15, 0.2) is 0 Å². The maximum Gasteiger partial charge on any atom is 0.225 e. The predicted octanol–water partition coefficient (Wildman–Crippen LogP) is 4.25. The van der Waals surface area contributed by atoms with Gasteiger partial charge in [-0.2, -0.15) is 0 Å². The first kappa shape index (κ1) is 14.5. The van der Waals surface area contributed by atoms with Gasteiger partial charge in [-0.3, -0.25) is 4.79 Å². The third kappa shape index (κ3) is 2.76. The number of carbonyl (C=O) groups excluding carboxylic acids is 1. The number of fused-ring (bicyclic) bond motifs is 1.